The lowest BCUT2D eigenvalue weighted by Crippen LogP contribution is -2.16. The van der Waals surface area contributed by atoms with E-state index in [1.807, 2.05) is 13.0 Å². The van der Waals surface area contributed by atoms with Gasteiger partial charge in [-0.3, -0.25) is 0 Å². The first-order chi connectivity index (χ1) is 10.3. The molecule has 0 unspecified atom stereocenters. The fourth-order valence-corrected chi connectivity index (χ4v) is 2.02. The molecule has 0 amide bonds. The molecule has 1 fully saturated rings. The first kappa shape index (κ1) is 14.0. The summed E-state index contributed by atoms with van der Waals surface area (Å²) < 4.78 is 24.5. The highest BCUT2D eigenvalue weighted by molar-refractivity contribution is 5.35. The van der Waals surface area contributed by atoms with Gasteiger partial charge < -0.3 is 14.6 Å². The van der Waals surface area contributed by atoms with Gasteiger partial charge in [0.15, 0.2) is 24.0 Å². The maximum Gasteiger partial charge on any atom is 0.264 e. The van der Waals surface area contributed by atoms with E-state index in [0.717, 1.165) is 5.56 Å². The van der Waals surface area contributed by atoms with Crippen LogP contribution >= 0.6 is 0 Å². The van der Waals surface area contributed by atoms with Crippen molar-refractivity contribution in [2.24, 2.45) is 0 Å². The van der Waals surface area contributed by atoms with Gasteiger partial charge in [0.1, 0.15) is 0 Å². The molecule has 1 aromatic heterocycles. The molecule has 2 aromatic rings. The summed E-state index contributed by atoms with van der Waals surface area (Å²) in [5.74, 6) is 0.858. The number of ether oxygens (including phenoxy) is 1. The lowest BCUT2D eigenvalue weighted by atomic mass is 10.2. The van der Waals surface area contributed by atoms with E-state index in [-0.39, 0.29) is 18.2 Å². The number of rotatable bonds is 7. The Kier molecular flexibility index (Phi) is 4.15. The van der Waals surface area contributed by atoms with Crippen molar-refractivity contribution in [3.05, 3.63) is 41.3 Å². The van der Waals surface area contributed by atoms with Crippen LogP contribution in [0.5, 0.6) is 5.75 Å². The second kappa shape index (κ2) is 6.22. The van der Waals surface area contributed by atoms with Gasteiger partial charge >= 0.3 is 0 Å². The lowest BCUT2D eigenvalue weighted by molar-refractivity contribution is 0.231. The van der Waals surface area contributed by atoms with Gasteiger partial charge in [0.25, 0.3) is 5.89 Å². The van der Waals surface area contributed by atoms with Crippen molar-refractivity contribution in [2.75, 3.05) is 0 Å². The molecule has 112 valence electrons. The molecule has 3 rings (SSSR count). The van der Waals surface area contributed by atoms with Crippen molar-refractivity contribution in [3.63, 3.8) is 0 Å². The van der Waals surface area contributed by atoms with Gasteiger partial charge in [0, 0.05) is 24.6 Å². The number of hydrogen-bond acceptors (Lipinski definition) is 5. The van der Waals surface area contributed by atoms with Gasteiger partial charge in [-0.2, -0.15) is 4.98 Å². The normalized spacial score (nSPS) is 14.4. The molecule has 1 N–H and O–H groups in total. The molecule has 0 atom stereocenters. The fraction of sp³-hybridized carbons (Fsp3) is 0.467. The molecule has 21 heavy (non-hydrogen) atoms. The molecule has 1 heterocycles. The quantitative estimate of drug-likeness (QED) is 0.849. The predicted molar refractivity (Wildman–Crippen MR) is 74.3 cm³/mol. The Bertz CT molecular complexity index is 611. The molecule has 5 nitrogen and oxygen atoms in total. The molecule has 0 bridgehead atoms. The highest BCUT2D eigenvalue weighted by atomic mass is 19.1. The molecule has 0 radical (unpaired) electrons. The summed E-state index contributed by atoms with van der Waals surface area (Å²) in [5, 5.41) is 7.14. The van der Waals surface area contributed by atoms with Crippen LogP contribution in [-0.2, 0) is 19.6 Å². The van der Waals surface area contributed by atoms with Gasteiger partial charge in [0.05, 0.1) is 0 Å². The molecule has 1 aromatic carbocycles. The largest absolute Gasteiger partial charge is 0.480 e. The summed E-state index contributed by atoms with van der Waals surface area (Å²) in [7, 11) is 0. The maximum atomic E-state index is 13.9. The minimum atomic E-state index is -0.375. The summed E-state index contributed by atoms with van der Waals surface area (Å²) in [5.41, 5.74) is 0.803. The van der Waals surface area contributed by atoms with Crippen molar-refractivity contribution < 1.29 is 13.7 Å². The number of halogens is 1. The Morgan fingerprint density at radius 2 is 2.29 bits per heavy atom. The highest BCUT2D eigenvalue weighted by Crippen LogP contribution is 2.25. The van der Waals surface area contributed by atoms with Crippen LogP contribution in [0.15, 0.2) is 22.7 Å². The third kappa shape index (κ3) is 3.58. The van der Waals surface area contributed by atoms with Gasteiger partial charge in [0.2, 0.25) is 0 Å². The summed E-state index contributed by atoms with van der Waals surface area (Å²) in [6, 6.07) is 5.50. The van der Waals surface area contributed by atoms with Crippen LogP contribution in [0.1, 0.15) is 37.0 Å². The Labute approximate surface area is 122 Å². The van der Waals surface area contributed by atoms with Gasteiger partial charge in [-0.1, -0.05) is 24.2 Å². The van der Waals surface area contributed by atoms with E-state index in [1.165, 1.54) is 18.9 Å². The zero-order valence-electron chi connectivity index (χ0n) is 11.9. The van der Waals surface area contributed by atoms with Crippen LogP contribution in [0.4, 0.5) is 4.39 Å². The zero-order valence-corrected chi connectivity index (χ0v) is 11.9. The number of nitrogens with zero attached hydrogens (tertiary/aromatic N) is 2. The minimum Gasteiger partial charge on any atom is -0.480 e. The molecule has 1 aliphatic rings. The molecular formula is C15H18FN3O2. The summed E-state index contributed by atoms with van der Waals surface area (Å²) >= 11 is 0. The van der Waals surface area contributed by atoms with Crippen LogP contribution in [0.25, 0.3) is 0 Å². The zero-order chi connectivity index (χ0) is 14.7. The molecular weight excluding hydrogens is 273 g/mol. The Hall–Kier alpha value is -1.95. The average molecular weight is 291 g/mol. The Morgan fingerprint density at radius 3 is 3.00 bits per heavy atom. The third-order valence-corrected chi connectivity index (χ3v) is 3.37. The Morgan fingerprint density at radius 1 is 1.43 bits per heavy atom. The van der Waals surface area contributed by atoms with Gasteiger partial charge in [-0.25, -0.2) is 4.39 Å². The molecule has 1 aliphatic carbocycles. The predicted octanol–water partition coefficient (Wildman–Crippen LogP) is 2.60. The lowest BCUT2D eigenvalue weighted by Gasteiger charge is -2.11. The van der Waals surface area contributed by atoms with Crippen molar-refractivity contribution >= 4 is 0 Å². The van der Waals surface area contributed by atoms with E-state index in [9.17, 15) is 4.39 Å². The molecule has 0 aliphatic heterocycles. The number of benzene rings is 1. The maximum absolute atomic E-state index is 13.9. The smallest absolute Gasteiger partial charge is 0.264 e. The monoisotopic (exact) mass is 291 g/mol. The van der Waals surface area contributed by atoms with Crippen molar-refractivity contribution in [1.29, 1.82) is 0 Å². The second-order valence-corrected chi connectivity index (χ2v) is 5.13. The standard InChI is InChI=1S/C15H18FN3O2/c1-2-13-18-14(21-19-13)9-20-15-10(4-3-5-12(15)16)8-17-11-6-7-11/h3-5,11,17H,2,6-9H2,1H3. The van der Waals surface area contributed by atoms with Crippen molar-refractivity contribution in [1.82, 2.24) is 15.5 Å². The van der Waals surface area contributed by atoms with Crippen LogP contribution in [0, 0.1) is 5.82 Å². The average Bonchev–Trinajstić information content (AvgIpc) is 3.21. The van der Waals surface area contributed by atoms with E-state index < -0.39 is 0 Å². The van der Waals surface area contributed by atoms with E-state index in [1.54, 1.807) is 6.07 Å². The molecule has 6 heteroatoms. The van der Waals surface area contributed by atoms with E-state index in [2.05, 4.69) is 15.5 Å². The fourth-order valence-electron chi connectivity index (χ4n) is 2.02. The van der Waals surface area contributed by atoms with Crippen LogP contribution < -0.4 is 10.1 Å². The van der Waals surface area contributed by atoms with Gasteiger partial charge in [-0.15, -0.1) is 0 Å². The topological polar surface area (TPSA) is 60.2 Å². The SMILES string of the molecule is CCc1noc(COc2c(F)cccc2CNC2CC2)n1. The summed E-state index contributed by atoms with van der Waals surface area (Å²) in [6.45, 7) is 2.61. The van der Waals surface area contributed by atoms with Crippen LogP contribution in [-0.4, -0.2) is 16.2 Å². The van der Waals surface area contributed by atoms with Crippen molar-refractivity contribution in [2.45, 2.75) is 45.4 Å². The van der Waals surface area contributed by atoms with Crippen LogP contribution in [0.2, 0.25) is 0 Å². The first-order valence-electron chi connectivity index (χ1n) is 7.21. The number of para-hydroxylation sites is 1. The van der Waals surface area contributed by atoms with Gasteiger partial charge in [-0.05, 0) is 18.9 Å². The Balaban J connectivity index is 1.67. The minimum absolute atomic E-state index is 0.0738. The number of aromatic nitrogens is 2. The van der Waals surface area contributed by atoms with E-state index in [0.29, 0.717) is 30.7 Å². The number of hydrogen-bond donors (Lipinski definition) is 1. The second-order valence-electron chi connectivity index (χ2n) is 5.13. The number of aryl methyl sites for hydroxylation is 1. The first-order valence-corrected chi connectivity index (χ1v) is 7.21. The van der Waals surface area contributed by atoms with Crippen molar-refractivity contribution in [3.8, 4) is 5.75 Å². The summed E-state index contributed by atoms with van der Waals surface area (Å²) in [6.07, 6.45) is 3.07. The molecule has 1 saturated carbocycles. The van der Waals surface area contributed by atoms with E-state index >= 15 is 0 Å². The summed E-state index contributed by atoms with van der Waals surface area (Å²) in [4.78, 5) is 4.15. The van der Waals surface area contributed by atoms with E-state index in [4.69, 9.17) is 9.26 Å². The molecule has 0 spiro atoms. The number of nitrogens with one attached hydrogen (secondary N) is 1. The highest BCUT2D eigenvalue weighted by Gasteiger charge is 2.21. The molecule has 0 saturated heterocycles. The third-order valence-electron chi connectivity index (χ3n) is 3.37. The van der Waals surface area contributed by atoms with Crippen LogP contribution in [0.3, 0.4) is 0 Å².